The van der Waals surface area contributed by atoms with Gasteiger partial charge in [0.15, 0.2) is 0 Å². The Hall–Kier alpha value is -0.730. The van der Waals surface area contributed by atoms with Crippen molar-refractivity contribution in [2.24, 2.45) is 11.8 Å². The highest BCUT2D eigenvalue weighted by Crippen LogP contribution is 2.35. The zero-order valence-electron chi connectivity index (χ0n) is 12.8. The molecular formula is C17H26ClNO. The molecule has 2 rings (SSSR count). The molecule has 1 N–H and O–H groups in total. The van der Waals surface area contributed by atoms with Crippen LogP contribution in [0.25, 0.3) is 0 Å². The standard InChI is InChI=1S/C17H26ClNO/c1-4-19-11-14-6-5-7-16(18)17(14)20-15-9-8-12(2)13(3)10-15/h5-7,12-13,15,19H,4,8-11H2,1-3H3. The smallest absolute Gasteiger partial charge is 0.142 e. The Balaban J connectivity index is 2.08. The van der Waals surface area contributed by atoms with Crippen molar-refractivity contribution in [1.82, 2.24) is 5.32 Å². The second kappa shape index (κ2) is 7.33. The number of para-hydroxylation sites is 1. The molecule has 3 unspecified atom stereocenters. The zero-order valence-corrected chi connectivity index (χ0v) is 13.5. The van der Waals surface area contributed by atoms with Gasteiger partial charge in [-0.1, -0.05) is 44.5 Å². The van der Waals surface area contributed by atoms with Gasteiger partial charge in [0.2, 0.25) is 0 Å². The predicted octanol–water partition coefficient (Wildman–Crippen LogP) is 4.65. The Morgan fingerprint density at radius 3 is 2.75 bits per heavy atom. The van der Waals surface area contributed by atoms with Gasteiger partial charge < -0.3 is 10.1 Å². The summed E-state index contributed by atoms with van der Waals surface area (Å²) < 4.78 is 6.26. The van der Waals surface area contributed by atoms with Crippen LogP contribution in [-0.2, 0) is 6.54 Å². The predicted molar refractivity (Wildman–Crippen MR) is 85.4 cm³/mol. The van der Waals surface area contributed by atoms with E-state index in [0.29, 0.717) is 6.10 Å². The molecule has 1 aliphatic rings. The van der Waals surface area contributed by atoms with Crippen LogP contribution >= 0.6 is 11.6 Å². The molecule has 3 heteroatoms. The zero-order chi connectivity index (χ0) is 14.5. The molecule has 2 nitrogen and oxygen atoms in total. The number of hydrogen-bond acceptors (Lipinski definition) is 2. The Bertz CT molecular complexity index is 435. The molecule has 0 spiro atoms. The van der Waals surface area contributed by atoms with Crippen molar-refractivity contribution in [1.29, 1.82) is 0 Å². The van der Waals surface area contributed by atoms with Crippen LogP contribution in [-0.4, -0.2) is 12.6 Å². The molecule has 0 aromatic heterocycles. The first-order chi connectivity index (χ1) is 9.61. The topological polar surface area (TPSA) is 21.3 Å². The van der Waals surface area contributed by atoms with E-state index in [1.807, 2.05) is 12.1 Å². The maximum absolute atomic E-state index is 6.34. The fraction of sp³-hybridized carbons (Fsp3) is 0.647. The molecule has 112 valence electrons. The van der Waals surface area contributed by atoms with Gasteiger partial charge in [-0.05, 0) is 43.7 Å². The monoisotopic (exact) mass is 295 g/mol. The van der Waals surface area contributed by atoms with Crippen LogP contribution in [0, 0.1) is 11.8 Å². The summed E-state index contributed by atoms with van der Waals surface area (Å²) in [5.74, 6) is 2.41. The second-order valence-corrected chi connectivity index (χ2v) is 6.42. The van der Waals surface area contributed by atoms with Crippen molar-refractivity contribution in [2.45, 2.75) is 52.7 Å². The molecule has 0 heterocycles. The highest BCUT2D eigenvalue weighted by atomic mass is 35.5. The Labute approximate surface area is 127 Å². The number of hydrogen-bond donors (Lipinski definition) is 1. The van der Waals surface area contributed by atoms with E-state index >= 15 is 0 Å². The first kappa shape index (κ1) is 15.7. The average molecular weight is 296 g/mol. The van der Waals surface area contributed by atoms with Crippen LogP contribution in [0.2, 0.25) is 5.02 Å². The lowest BCUT2D eigenvalue weighted by molar-refractivity contribution is 0.0997. The molecule has 0 radical (unpaired) electrons. The summed E-state index contributed by atoms with van der Waals surface area (Å²) in [5, 5.41) is 4.08. The quantitative estimate of drug-likeness (QED) is 0.853. The normalized spacial score (nSPS) is 26.5. The number of benzene rings is 1. The summed E-state index contributed by atoms with van der Waals surface area (Å²) in [6.07, 6.45) is 3.82. The third-order valence-corrected chi connectivity index (χ3v) is 4.75. The lowest BCUT2D eigenvalue weighted by Crippen LogP contribution is -2.29. The Morgan fingerprint density at radius 1 is 1.25 bits per heavy atom. The van der Waals surface area contributed by atoms with E-state index in [9.17, 15) is 0 Å². The van der Waals surface area contributed by atoms with Gasteiger partial charge in [-0.25, -0.2) is 0 Å². The molecular weight excluding hydrogens is 270 g/mol. The maximum Gasteiger partial charge on any atom is 0.142 e. The first-order valence-corrected chi connectivity index (χ1v) is 8.14. The van der Waals surface area contributed by atoms with Crippen LogP contribution in [0.1, 0.15) is 45.6 Å². The highest BCUT2D eigenvalue weighted by Gasteiger charge is 2.26. The van der Waals surface area contributed by atoms with Gasteiger partial charge in [0.25, 0.3) is 0 Å². The molecule has 1 aliphatic carbocycles. The summed E-state index contributed by atoms with van der Waals surface area (Å²) in [4.78, 5) is 0. The number of nitrogens with one attached hydrogen (secondary N) is 1. The molecule has 3 atom stereocenters. The van der Waals surface area contributed by atoms with E-state index < -0.39 is 0 Å². The number of halogens is 1. The van der Waals surface area contributed by atoms with Gasteiger partial charge in [-0.15, -0.1) is 0 Å². The second-order valence-electron chi connectivity index (χ2n) is 6.02. The third-order valence-electron chi connectivity index (χ3n) is 4.45. The summed E-state index contributed by atoms with van der Waals surface area (Å²) in [6, 6.07) is 6.01. The summed E-state index contributed by atoms with van der Waals surface area (Å²) >= 11 is 6.34. The third kappa shape index (κ3) is 3.89. The number of rotatable bonds is 5. The molecule has 1 aromatic carbocycles. The SMILES string of the molecule is CCNCc1cccc(Cl)c1OC1CCC(C)C(C)C1. The van der Waals surface area contributed by atoms with Crippen molar-refractivity contribution >= 4 is 11.6 Å². The van der Waals surface area contributed by atoms with Crippen molar-refractivity contribution in [2.75, 3.05) is 6.54 Å². The highest BCUT2D eigenvalue weighted by molar-refractivity contribution is 6.32. The molecule has 1 aromatic rings. The number of ether oxygens (including phenoxy) is 1. The molecule has 20 heavy (non-hydrogen) atoms. The van der Waals surface area contributed by atoms with Gasteiger partial charge in [0.1, 0.15) is 5.75 Å². The molecule has 1 saturated carbocycles. The molecule has 1 fully saturated rings. The van der Waals surface area contributed by atoms with Crippen molar-refractivity contribution < 1.29 is 4.74 Å². The molecule has 0 aliphatic heterocycles. The van der Waals surface area contributed by atoms with Gasteiger partial charge in [0, 0.05) is 12.1 Å². The lowest BCUT2D eigenvalue weighted by atomic mass is 9.80. The van der Waals surface area contributed by atoms with Crippen molar-refractivity contribution in [3.05, 3.63) is 28.8 Å². The van der Waals surface area contributed by atoms with E-state index in [-0.39, 0.29) is 0 Å². The average Bonchev–Trinajstić information content (AvgIpc) is 2.43. The summed E-state index contributed by atoms with van der Waals surface area (Å²) in [6.45, 7) is 8.53. The fourth-order valence-electron chi connectivity index (χ4n) is 2.86. The fourth-order valence-corrected chi connectivity index (χ4v) is 3.09. The van der Waals surface area contributed by atoms with Crippen LogP contribution in [0.15, 0.2) is 18.2 Å². The van der Waals surface area contributed by atoms with Gasteiger partial charge in [0.05, 0.1) is 11.1 Å². The summed E-state index contributed by atoms with van der Waals surface area (Å²) in [7, 11) is 0. The van der Waals surface area contributed by atoms with Crippen molar-refractivity contribution in [3.8, 4) is 5.75 Å². The van der Waals surface area contributed by atoms with Gasteiger partial charge >= 0.3 is 0 Å². The first-order valence-electron chi connectivity index (χ1n) is 7.76. The van der Waals surface area contributed by atoms with Crippen LogP contribution < -0.4 is 10.1 Å². The van der Waals surface area contributed by atoms with Crippen LogP contribution in [0.4, 0.5) is 0 Å². The molecule has 0 amide bonds. The van der Waals surface area contributed by atoms with Gasteiger partial charge in [-0.3, -0.25) is 0 Å². The van der Waals surface area contributed by atoms with Crippen LogP contribution in [0.3, 0.4) is 0 Å². The largest absolute Gasteiger partial charge is 0.489 e. The minimum Gasteiger partial charge on any atom is -0.489 e. The van der Waals surface area contributed by atoms with E-state index in [2.05, 4.69) is 32.2 Å². The Morgan fingerprint density at radius 2 is 2.05 bits per heavy atom. The maximum atomic E-state index is 6.34. The molecule has 0 bridgehead atoms. The van der Waals surface area contributed by atoms with E-state index in [0.717, 1.165) is 54.1 Å². The van der Waals surface area contributed by atoms with E-state index in [1.54, 1.807) is 0 Å². The Kier molecular flexibility index (Phi) is 5.74. The molecule has 0 saturated heterocycles. The minimum absolute atomic E-state index is 0.307. The summed E-state index contributed by atoms with van der Waals surface area (Å²) in [5.41, 5.74) is 1.16. The van der Waals surface area contributed by atoms with Crippen molar-refractivity contribution in [3.63, 3.8) is 0 Å². The lowest BCUT2D eigenvalue weighted by Gasteiger charge is -2.33. The van der Waals surface area contributed by atoms with E-state index in [4.69, 9.17) is 16.3 Å². The van der Waals surface area contributed by atoms with E-state index in [1.165, 1.54) is 6.42 Å². The minimum atomic E-state index is 0.307. The van der Waals surface area contributed by atoms with Gasteiger partial charge in [-0.2, -0.15) is 0 Å². The van der Waals surface area contributed by atoms with Crippen LogP contribution in [0.5, 0.6) is 5.75 Å².